The van der Waals surface area contributed by atoms with Gasteiger partial charge in [-0.1, -0.05) is 0 Å². The third kappa shape index (κ3) is 1.15. The van der Waals surface area contributed by atoms with E-state index < -0.39 is 29.6 Å². The molecular formula is C9H8O6. The second kappa shape index (κ2) is 2.96. The summed E-state index contributed by atoms with van der Waals surface area (Å²) in [6.07, 6.45) is 0. The van der Waals surface area contributed by atoms with Crippen LogP contribution in [0.3, 0.4) is 0 Å². The second-order valence-electron chi connectivity index (χ2n) is 3.00. The Balaban J connectivity index is 2.90. The summed E-state index contributed by atoms with van der Waals surface area (Å²) in [4.78, 5) is 0. The van der Waals surface area contributed by atoms with Crippen molar-refractivity contribution in [3.05, 3.63) is 11.8 Å². The number of hydrogen-bond donors (Lipinski definition) is 5. The molecule has 0 fully saturated rings. The fourth-order valence-corrected chi connectivity index (χ4v) is 1.36. The first kappa shape index (κ1) is 9.47. The van der Waals surface area contributed by atoms with Gasteiger partial charge in [-0.05, 0) is 0 Å². The Morgan fingerprint density at radius 2 is 1.67 bits per heavy atom. The van der Waals surface area contributed by atoms with Gasteiger partial charge in [0.25, 0.3) is 0 Å². The maximum Gasteiger partial charge on any atom is 0.201 e. The number of aliphatic hydroxyl groups is 1. The molecule has 6 nitrogen and oxygen atoms in total. The third-order valence-corrected chi connectivity index (χ3v) is 2.10. The van der Waals surface area contributed by atoms with Crippen molar-refractivity contribution in [3.63, 3.8) is 0 Å². The van der Waals surface area contributed by atoms with Crippen LogP contribution in [0.1, 0.15) is 5.76 Å². The summed E-state index contributed by atoms with van der Waals surface area (Å²) in [5.74, 6) is -2.61. The quantitative estimate of drug-likeness (QED) is 0.445. The van der Waals surface area contributed by atoms with Gasteiger partial charge in [0.05, 0.1) is 0 Å². The van der Waals surface area contributed by atoms with E-state index in [0.29, 0.717) is 0 Å². The minimum Gasteiger partial charge on any atom is -0.504 e. The second-order valence-corrected chi connectivity index (χ2v) is 3.00. The number of rotatable bonds is 1. The molecule has 0 saturated heterocycles. The molecule has 0 aliphatic heterocycles. The Bertz CT molecular complexity index is 527. The maximum absolute atomic E-state index is 9.48. The molecular weight excluding hydrogens is 204 g/mol. The zero-order valence-corrected chi connectivity index (χ0v) is 7.43. The third-order valence-electron chi connectivity index (χ3n) is 2.10. The molecule has 1 heterocycles. The summed E-state index contributed by atoms with van der Waals surface area (Å²) in [6.45, 7) is -0.554. The van der Waals surface area contributed by atoms with Crippen LogP contribution in [0.4, 0.5) is 0 Å². The molecule has 0 aliphatic carbocycles. The van der Waals surface area contributed by atoms with Crippen molar-refractivity contribution in [2.45, 2.75) is 6.61 Å². The van der Waals surface area contributed by atoms with Crippen LogP contribution in [0, 0.1) is 0 Å². The van der Waals surface area contributed by atoms with E-state index in [2.05, 4.69) is 0 Å². The molecule has 2 rings (SSSR count). The normalized spacial score (nSPS) is 11.0. The van der Waals surface area contributed by atoms with Crippen LogP contribution in [0.15, 0.2) is 10.5 Å². The van der Waals surface area contributed by atoms with E-state index in [1.807, 2.05) is 0 Å². The van der Waals surface area contributed by atoms with Crippen molar-refractivity contribution in [2.75, 3.05) is 0 Å². The highest BCUT2D eigenvalue weighted by molar-refractivity contribution is 5.94. The van der Waals surface area contributed by atoms with E-state index in [9.17, 15) is 15.3 Å². The largest absolute Gasteiger partial charge is 0.504 e. The van der Waals surface area contributed by atoms with Crippen molar-refractivity contribution in [3.8, 4) is 23.0 Å². The minimum atomic E-state index is -0.747. The average molecular weight is 212 g/mol. The predicted octanol–water partition coefficient (Wildman–Crippen LogP) is 0.747. The van der Waals surface area contributed by atoms with Crippen LogP contribution < -0.4 is 0 Å². The number of furan rings is 1. The van der Waals surface area contributed by atoms with Gasteiger partial charge in [0, 0.05) is 6.07 Å². The first-order valence-electron chi connectivity index (χ1n) is 4.05. The number of phenolic OH excluding ortho intramolecular Hbond substituents is 3. The average Bonchev–Trinajstić information content (AvgIpc) is 2.52. The highest BCUT2D eigenvalue weighted by Crippen LogP contribution is 2.46. The number of aliphatic hydroxyl groups excluding tert-OH is 1. The molecule has 0 bridgehead atoms. The van der Waals surface area contributed by atoms with Gasteiger partial charge in [-0.3, -0.25) is 0 Å². The van der Waals surface area contributed by atoms with Gasteiger partial charge in [0.2, 0.25) is 5.75 Å². The van der Waals surface area contributed by atoms with Crippen LogP contribution >= 0.6 is 0 Å². The van der Waals surface area contributed by atoms with Gasteiger partial charge in [0.1, 0.15) is 17.6 Å². The number of aromatic hydroxyl groups is 4. The van der Waals surface area contributed by atoms with Gasteiger partial charge < -0.3 is 29.9 Å². The summed E-state index contributed by atoms with van der Waals surface area (Å²) in [5.41, 5.74) is -0.0237. The van der Waals surface area contributed by atoms with E-state index in [1.165, 1.54) is 0 Å². The van der Waals surface area contributed by atoms with Crippen molar-refractivity contribution < 1.29 is 29.9 Å². The van der Waals surface area contributed by atoms with Crippen LogP contribution in [-0.2, 0) is 6.61 Å². The monoisotopic (exact) mass is 212 g/mol. The molecule has 1 aromatic heterocycles. The summed E-state index contributed by atoms with van der Waals surface area (Å²) < 4.78 is 4.93. The topological polar surface area (TPSA) is 114 Å². The zero-order chi connectivity index (χ0) is 11.2. The summed E-state index contributed by atoms with van der Waals surface area (Å²) in [5, 5.41) is 45.9. The van der Waals surface area contributed by atoms with E-state index in [-0.39, 0.29) is 16.7 Å². The predicted molar refractivity (Wildman–Crippen MR) is 48.8 cm³/mol. The lowest BCUT2D eigenvalue weighted by Gasteiger charge is -2.00. The Kier molecular flexibility index (Phi) is 1.87. The Morgan fingerprint density at radius 3 is 2.27 bits per heavy atom. The molecule has 5 N–H and O–H groups in total. The molecule has 15 heavy (non-hydrogen) atoms. The highest BCUT2D eigenvalue weighted by atomic mass is 16.4. The number of benzene rings is 1. The molecule has 0 spiro atoms. The van der Waals surface area contributed by atoms with Gasteiger partial charge in [-0.25, -0.2) is 0 Å². The van der Waals surface area contributed by atoms with E-state index in [4.69, 9.17) is 14.6 Å². The van der Waals surface area contributed by atoms with Gasteiger partial charge >= 0.3 is 0 Å². The fourth-order valence-electron chi connectivity index (χ4n) is 1.36. The van der Waals surface area contributed by atoms with E-state index >= 15 is 0 Å². The van der Waals surface area contributed by atoms with Crippen LogP contribution in [0.5, 0.6) is 23.0 Å². The van der Waals surface area contributed by atoms with Crippen LogP contribution in [-0.4, -0.2) is 25.5 Å². The SMILES string of the molecule is OCc1oc2cc(O)c(O)c(O)c2c1O. The molecule has 0 amide bonds. The molecule has 0 atom stereocenters. The Labute approximate surface area is 83.2 Å². The minimum absolute atomic E-state index is 0.0237. The molecule has 0 radical (unpaired) electrons. The molecule has 2 aromatic rings. The van der Waals surface area contributed by atoms with Gasteiger partial charge in [-0.15, -0.1) is 0 Å². The summed E-state index contributed by atoms with van der Waals surface area (Å²) >= 11 is 0. The molecule has 0 unspecified atom stereocenters. The lowest BCUT2D eigenvalue weighted by Crippen LogP contribution is -1.76. The van der Waals surface area contributed by atoms with E-state index in [0.717, 1.165) is 6.07 Å². The van der Waals surface area contributed by atoms with Gasteiger partial charge in [-0.2, -0.15) is 0 Å². The summed E-state index contributed by atoms with van der Waals surface area (Å²) in [7, 11) is 0. The van der Waals surface area contributed by atoms with Crippen molar-refractivity contribution >= 4 is 11.0 Å². The van der Waals surface area contributed by atoms with E-state index in [1.54, 1.807) is 0 Å². The standard InChI is InChI=1S/C9H8O6/c10-2-5-8(13)6-4(15-5)1-3(11)7(12)9(6)14/h1,10-14H,2H2. The number of hydrogen-bond acceptors (Lipinski definition) is 6. The zero-order valence-electron chi connectivity index (χ0n) is 7.43. The first-order chi connectivity index (χ1) is 7.06. The smallest absolute Gasteiger partial charge is 0.201 e. The molecule has 80 valence electrons. The molecule has 6 heteroatoms. The Hall–Kier alpha value is -2.08. The van der Waals surface area contributed by atoms with Crippen molar-refractivity contribution in [2.24, 2.45) is 0 Å². The molecule has 1 aromatic carbocycles. The molecule has 0 aliphatic rings. The lowest BCUT2D eigenvalue weighted by molar-refractivity contribution is 0.243. The number of fused-ring (bicyclic) bond motifs is 1. The number of phenols is 3. The van der Waals surface area contributed by atoms with Crippen molar-refractivity contribution in [1.82, 2.24) is 0 Å². The highest BCUT2D eigenvalue weighted by Gasteiger charge is 2.21. The Morgan fingerprint density at radius 1 is 1.00 bits per heavy atom. The van der Waals surface area contributed by atoms with Crippen LogP contribution in [0.2, 0.25) is 0 Å². The molecule has 0 saturated carbocycles. The van der Waals surface area contributed by atoms with Crippen LogP contribution in [0.25, 0.3) is 11.0 Å². The lowest BCUT2D eigenvalue weighted by atomic mass is 10.2. The fraction of sp³-hybridized carbons (Fsp3) is 0.111. The van der Waals surface area contributed by atoms with Crippen molar-refractivity contribution in [1.29, 1.82) is 0 Å². The first-order valence-corrected chi connectivity index (χ1v) is 4.05. The maximum atomic E-state index is 9.48. The van der Waals surface area contributed by atoms with Gasteiger partial charge in [0.15, 0.2) is 23.0 Å². The summed E-state index contributed by atoms with van der Waals surface area (Å²) in [6, 6.07) is 1.03.